The Morgan fingerprint density at radius 1 is 1.29 bits per heavy atom. The summed E-state index contributed by atoms with van der Waals surface area (Å²) < 4.78 is 4.95. The molecule has 3 N–H and O–H groups in total. The van der Waals surface area contributed by atoms with Gasteiger partial charge >= 0.3 is 5.97 Å². The molecule has 0 heterocycles. The van der Waals surface area contributed by atoms with Gasteiger partial charge in [-0.05, 0) is 26.3 Å². The third-order valence-electron chi connectivity index (χ3n) is 3.36. The lowest BCUT2D eigenvalue weighted by Gasteiger charge is -2.27. The van der Waals surface area contributed by atoms with Crippen LogP contribution in [0.25, 0.3) is 0 Å². The minimum absolute atomic E-state index is 0.274. The monoisotopic (exact) mass is 292 g/mol. The van der Waals surface area contributed by atoms with E-state index in [-0.39, 0.29) is 12.5 Å². The lowest BCUT2D eigenvalue weighted by molar-refractivity contribution is -0.152. The first-order chi connectivity index (χ1) is 9.79. The SMILES string of the molecule is CCOC(=O)C(C)(C)NC(=O)C(C)C(N)c1ccccc1. The third-order valence-corrected chi connectivity index (χ3v) is 3.36. The Morgan fingerprint density at radius 3 is 2.38 bits per heavy atom. The van der Waals surface area contributed by atoms with Crippen LogP contribution in [0, 0.1) is 5.92 Å². The number of hydrogen-bond acceptors (Lipinski definition) is 4. The molecule has 5 heteroatoms. The summed E-state index contributed by atoms with van der Waals surface area (Å²) in [4.78, 5) is 24.1. The molecule has 0 aromatic heterocycles. The van der Waals surface area contributed by atoms with E-state index in [2.05, 4.69) is 5.32 Å². The molecule has 1 rings (SSSR count). The minimum atomic E-state index is -1.07. The van der Waals surface area contributed by atoms with Crippen LogP contribution in [-0.4, -0.2) is 24.0 Å². The lowest BCUT2D eigenvalue weighted by Crippen LogP contribution is -2.53. The van der Waals surface area contributed by atoms with Crippen molar-refractivity contribution in [2.24, 2.45) is 11.7 Å². The standard InChI is InChI=1S/C16H24N2O3/c1-5-21-15(20)16(3,4)18-14(19)11(2)13(17)12-9-7-6-8-10-12/h6-11,13H,5,17H2,1-4H3,(H,18,19). The number of carbonyl (C=O) groups is 2. The number of benzene rings is 1. The first kappa shape index (κ1) is 17.2. The first-order valence-electron chi connectivity index (χ1n) is 7.09. The van der Waals surface area contributed by atoms with Crippen LogP contribution in [-0.2, 0) is 14.3 Å². The number of ether oxygens (including phenoxy) is 1. The fourth-order valence-corrected chi connectivity index (χ4v) is 1.91. The van der Waals surface area contributed by atoms with Crippen LogP contribution in [0.15, 0.2) is 30.3 Å². The topological polar surface area (TPSA) is 81.4 Å². The summed E-state index contributed by atoms with van der Waals surface area (Å²) in [7, 11) is 0. The highest BCUT2D eigenvalue weighted by Crippen LogP contribution is 2.20. The van der Waals surface area contributed by atoms with Gasteiger partial charge in [0.2, 0.25) is 5.91 Å². The summed E-state index contributed by atoms with van der Waals surface area (Å²) in [5.41, 5.74) is 5.93. The number of rotatable bonds is 6. The van der Waals surface area contributed by atoms with Gasteiger partial charge < -0.3 is 15.8 Å². The molecule has 0 bridgehead atoms. The van der Waals surface area contributed by atoms with Gasteiger partial charge in [-0.15, -0.1) is 0 Å². The van der Waals surface area contributed by atoms with Crippen LogP contribution in [0.2, 0.25) is 0 Å². The van der Waals surface area contributed by atoms with E-state index in [1.165, 1.54) is 0 Å². The molecule has 0 saturated carbocycles. The summed E-state index contributed by atoms with van der Waals surface area (Å²) >= 11 is 0. The number of esters is 1. The molecule has 0 aliphatic heterocycles. The molecule has 0 spiro atoms. The van der Waals surface area contributed by atoms with Gasteiger partial charge in [0.1, 0.15) is 5.54 Å². The highest BCUT2D eigenvalue weighted by molar-refractivity contribution is 5.88. The zero-order valence-electron chi connectivity index (χ0n) is 13.1. The van der Waals surface area contributed by atoms with Crippen LogP contribution in [0.4, 0.5) is 0 Å². The maximum absolute atomic E-state index is 12.3. The molecule has 1 aromatic carbocycles. The van der Waals surface area contributed by atoms with Gasteiger partial charge in [0, 0.05) is 6.04 Å². The zero-order chi connectivity index (χ0) is 16.0. The van der Waals surface area contributed by atoms with Crippen LogP contribution in [0.5, 0.6) is 0 Å². The second kappa shape index (κ2) is 7.22. The Labute approximate surface area is 125 Å². The van der Waals surface area contributed by atoms with Crippen molar-refractivity contribution in [3.05, 3.63) is 35.9 Å². The van der Waals surface area contributed by atoms with Crippen molar-refractivity contribution in [1.82, 2.24) is 5.32 Å². The van der Waals surface area contributed by atoms with Crippen LogP contribution < -0.4 is 11.1 Å². The Balaban J connectivity index is 2.73. The molecule has 116 valence electrons. The molecule has 21 heavy (non-hydrogen) atoms. The van der Waals surface area contributed by atoms with Crippen molar-refractivity contribution < 1.29 is 14.3 Å². The van der Waals surface area contributed by atoms with Gasteiger partial charge in [0.05, 0.1) is 12.5 Å². The predicted molar refractivity (Wildman–Crippen MR) is 81.4 cm³/mol. The maximum atomic E-state index is 12.3. The molecule has 2 atom stereocenters. The van der Waals surface area contributed by atoms with Gasteiger partial charge in [-0.3, -0.25) is 4.79 Å². The molecular weight excluding hydrogens is 268 g/mol. The Kier molecular flexibility index (Phi) is 5.90. The van der Waals surface area contributed by atoms with Crippen LogP contribution in [0.1, 0.15) is 39.3 Å². The highest BCUT2D eigenvalue weighted by atomic mass is 16.5. The van der Waals surface area contributed by atoms with Gasteiger partial charge in [0.15, 0.2) is 0 Å². The Hall–Kier alpha value is -1.88. The summed E-state index contributed by atoms with van der Waals surface area (Å²) in [5.74, 6) is -1.19. The lowest BCUT2D eigenvalue weighted by atomic mass is 9.93. The number of amides is 1. The molecular formula is C16H24N2O3. The molecule has 1 aromatic rings. The van der Waals surface area contributed by atoms with E-state index in [1.807, 2.05) is 30.3 Å². The molecule has 0 fully saturated rings. The van der Waals surface area contributed by atoms with E-state index in [9.17, 15) is 9.59 Å². The highest BCUT2D eigenvalue weighted by Gasteiger charge is 2.33. The minimum Gasteiger partial charge on any atom is -0.464 e. The van der Waals surface area contributed by atoms with Crippen molar-refractivity contribution >= 4 is 11.9 Å². The van der Waals surface area contributed by atoms with Crippen LogP contribution in [0.3, 0.4) is 0 Å². The largest absolute Gasteiger partial charge is 0.464 e. The molecule has 0 aliphatic carbocycles. The van der Waals surface area contributed by atoms with Crippen molar-refractivity contribution in [1.29, 1.82) is 0 Å². The average Bonchev–Trinajstić information content (AvgIpc) is 2.46. The van der Waals surface area contributed by atoms with E-state index in [0.717, 1.165) is 5.56 Å². The molecule has 0 saturated heterocycles. The van der Waals surface area contributed by atoms with Crippen LogP contribution >= 0.6 is 0 Å². The summed E-state index contributed by atoms with van der Waals surface area (Å²) in [6.07, 6.45) is 0. The number of carbonyl (C=O) groups excluding carboxylic acids is 2. The molecule has 1 amide bonds. The predicted octanol–water partition coefficient (Wildman–Crippen LogP) is 1.78. The summed E-state index contributed by atoms with van der Waals surface area (Å²) in [6, 6.07) is 8.98. The fraction of sp³-hybridized carbons (Fsp3) is 0.500. The molecule has 0 aliphatic rings. The van der Waals surface area contributed by atoms with Gasteiger partial charge in [-0.1, -0.05) is 37.3 Å². The molecule has 5 nitrogen and oxygen atoms in total. The van der Waals surface area contributed by atoms with Crippen molar-refractivity contribution in [2.75, 3.05) is 6.61 Å². The average molecular weight is 292 g/mol. The third kappa shape index (κ3) is 4.56. The number of nitrogens with two attached hydrogens (primary N) is 1. The van der Waals surface area contributed by atoms with Crippen molar-refractivity contribution in [2.45, 2.75) is 39.3 Å². The smallest absolute Gasteiger partial charge is 0.331 e. The van der Waals surface area contributed by atoms with Crippen molar-refractivity contribution in [3.8, 4) is 0 Å². The second-order valence-electron chi connectivity index (χ2n) is 5.56. The van der Waals surface area contributed by atoms with Gasteiger partial charge in [-0.2, -0.15) is 0 Å². The zero-order valence-corrected chi connectivity index (χ0v) is 13.1. The summed E-state index contributed by atoms with van der Waals surface area (Å²) in [6.45, 7) is 6.97. The van der Waals surface area contributed by atoms with Gasteiger partial charge in [0.25, 0.3) is 0 Å². The van der Waals surface area contributed by atoms with Gasteiger partial charge in [-0.25, -0.2) is 4.79 Å². The van der Waals surface area contributed by atoms with E-state index in [1.54, 1.807) is 27.7 Å². The van der Waals surface area contributed by atoms with E-state index >= 15 is 0 Å². The number of hydrogen-bond donors (Lipinski definition) is 2. The van der Waals surface area contributed by atoms with Crippen molar-refractivity contribution in [3.63, 3.8) is 0 Å². The fourth-order valence-electron chi connectivity index (χ4n) is 1.91. The molecule has 0 radical (unpaired) electrons. The number of nitrogens with one attached hydrogen (secondary N) is 1. The second-order valence-corrected chi connectivity index (χ2v) is 5.56. The maximum Gasteiger partial charge on any atom is 0.331 e. The normalized spacial score (nSPS) is 14.1. The molecule has 2 unspecified atom stereocenters. The Morgan fingerprint density at radius 2 is 1.86 bits per heavy atom. The first-order valence-corrected chi connectivity index (χ1v) is 7.09. The van der Waals surface area contributed by atoms with E-state index in [4.69, 9.17) is 10.5 Å². The van der Waals surface area contributed by atoms with E-state index < -0.39 is 23.5 Å². The Bertz CT molecular complexity index is 486. The summed E-state index contributed by atoms with van der Waals surface area (Å²) in [5, 5.41) is 2.70. The van der Waals surface area contributed by atoms with E-state index in [0.29, 0.717) is 0 Å². The quantitative estimate of drug-likeness (QED) is 0.783.